The first-order chi connectivity index (χ1) is 16.8. The molecule has 3 aromatic rings. The fourth-order valence-corrected chi connectivity index (χ4v) is 4.05. The van der Waals surface area contributed by atoms with E-state index in [4.69, 9.17) is 27.9 Å². The molecule has 0 saturated carbocycles. The molecule has 0 radical (unpaired) electrons. The molecule has 1 N–H and O–H groups in total. The van der Waals surface area contributed by atoms with Gasteiger partial charge in [0.1, 0.15) is 0 Å². The third kappa shape index (κ3) is 5.88. The number of esters is 1. The molecule has 35 heavy (non-hydrogen) atoms. The van der Waals surface area contributed by atoms with E-state index >= 15 is 0 Å². The van der Waals surface area contributed by atoms with Crippen molar-refractivity contribution in [3.63, 3.8) is 0 Å². The van der Waals surface area contributed by atoms with E-state index in [0.717, 1.165) is 0 Å². The molecule has 2 amide bonds. The van der Waals surface area contributed by atoms with E-state index in [1.165, 1.54) is 17.0 Å². The van der Waals surface area contributed by atoms with E-state index in [1.54, 1.807) is 60.7 Å². The molecule has 178 valence electrons. The van der Waals surface area contributed by atoms with Crippen LogP contribution in [-0.4, -0.2) is 36.7 Å². The minimum atomic E-state index is -0.650. The lowest BCUT2D eigenvalue weighted by Gasteiger charge is -2.18. The normalized spacial score (nSPS) is 15.1. The Bertz CT molecular complexity index is 1280. The lowest BCUT2D eigenvalue weighted by Crippen LogP contribution is -2.28. The topological polar surface area (TPSA) is 92.8 Å². The second-order valence-corrected chi connectivity index (χ2v) is 8.78. The highest BCUT2D eigenvalue weighted by Gasteiger charge is 2.36. The number of ether oxygens (including phenoxy) is 1. The number of rotatable bonds is 7. The summed E-state index contributed by atoms with van der Waals surface area (Å²) < 4.78 is 5.09. The van der Waals surface area contributed by atoms with Crippen molar-refractivity contribution in [2.45, 2.75) is 6.42 Å². The Hall–Kier alpha value is -3.68. The average molecular weight is 511 g/mol. The zero-order valence-electron chi connectivity index (χ0n) is 18.4. The smallest absolute Gasteiger partial charge is 0.338 e. The monoisotopic (exact) mass is 510 g/mol. The van der Waals surface area contributed by atoms with Crippen LogP contribution in [0.5, 0.6) is 0 Å². The zero-order valence-corrected chi connectivity index (χ0v) is 19.9. The predicted molar refractivity (Wildman–Crippen MR) is 133 cm³/mol. The summed E-state index contributed by atoms with van der Waals surface area (Å²) in [6, 6.07) is 19.4. The van der Waals surface area contributed by atoms with Crippen molar-refractivity contribution in [1.29, 1.82) is 0 Å². The van der Waals surface area contributed by atoms with Gasteiger partial charge in [0, 0.05) is 29.2 Å². The maximum Gasteiger partial charge on any atom is 0.338 e. The van der Waals surface area contributed by atoms with Crippen LogP contribution >= 0.6 is 23.2 Å². The van der Waals surface area contributed by atoms with Crippen molar-refractivity contribution in [3.05, 3.63) is 94.0 Å². The Morgan fingerprint density at radius 2 is 1.66 bits per heavy atom. The summed E-state index contributed by atoms with van der Waals surface area (Å²) in [6.45, 7) is -0.200. The Kier molecular flexibility index (Phi) is 7.48. The molecular weight excluding hydrogens is 491 g/mol. The summed E-state index contributed by atoms with van der Waals surface area (Å²) in [6.07, 6.45) is 0.0362. The van der Waals surface area contributed by atoms with Gasteiger partial charge in [0.15, 0.2) is 12.4 Å². The fraction of sp³-hybridized carbons (Fsp3) is 0.154. The molecule has 0 unspecified atom stereocenters. The van der Waals surface area contributed by atoms with Crippen LogP contribution in [0.15, 0.2) is 72.8 Å². The van der Waals surface area contributed by atoms with E-state index in [-0.39, 0.29) is 42.7 Å². The second kappa shape index (κ2) is 10.7. The molecule has 1 saturated heterocycles. The molecule has 1 aliphatic rings. The van der Waals surface area contributed by atoms with Gasteiger partial charge in [0.2, 0.25) is 11.8 Å². The van der Waals surface area contributed by atoms with Crippen LogP contribution in [0, 0.1) is 5.92 Å². The number of carbonyl (C=O) groups excluding carboxylic acids is 4. The number of nitrogens with zero attached hydrogens (tertiary/aromatic N) is 1. The molecule has 0 aromatic heterocycles. The van der Waals surface area contributed by atoms with Crippen molar-refractivity contribution in [2.24, 2.45) is 5.92 Å². The van der Waals surface area contributed by atoms with E-state index in [1.807, 2.05) is 0 Å². The molecule has 1 atom stereocenters. The lowest BCUT2D eigenvalue weighted by atomic mass is 10.1. The first kappa shape index (κ1) is 24.4. The first-order valence-electron chi connectivity index (χ1n) is 10.7. The number of carbonyl (C=O) groups is 4. The Morgan fingerprint density at radius 3 is 2.37 bits per heavy atom. The number of hydrogen-bond donors (Lipinski definition) is 1. The number of anilines is 2. The third-order valence-corrected chi connectivity index (χ3v) is 6.07. The molecule has 7 nitrogen and oxygen atoms in total. The van der Waals surface area contributed by atoms with Gasteiger partial charge in [0.05, 0.1) is 22.2 Å². The van der Waals surface area contributed by atoms with E-state index in [2.05, 4.69) is 5.32 Å². The van der Waals surface area contributed by atoms with Crippen molar-refractivity contribution >= 4 is 58.1 Å². The molecular formula is C26H20Cl2N2O5. The van der Waals surface area contributed by atoms with Crippen LogP contribution in [0.1, 0.15) is 27.1 Å². The van der Waals surface area contributed by atoms with Crippen molar-refractivity contribution in [1.82, 2.24) is 0 Å². The largest absolute Gasteiger partial charge is 0.454 e. The van der Waals surface area contributed by atoms with Crippen LogP contribution < -0.4 is 10.2 Å². The molecule has 1 aliphatic heterocycles. The quantitative estimate of drug-likeness (QED) is 0.355. The Labute approximate surface area is 211 Å². The van der Waals surface area contributed by atoms with Crippen LogP contribution in [-0.2, 0) is 14.3 Å². The molecule has 3 aromatic carbocycles. The number of hydrogen-bond acceptors (Lipinski definition) is 5. The predicted octanol–water partition coefficient (Wildman–Crippen LogP) is 5.02. The highest BCUT2D eigenvalue weighted by atomic mass is 35.5. The number of ketones is 1. The SMILES string of the molecule is O=C(COC(=O)c1ccc(NC(=O)[C@@H]2CC(=O)N(c3cc(Cl)ccc3Cl)C2)cc1)c1ccccc1. The van der Waals surface area contributed by atoms with Crippen LogP contribution in [0.4, 0.5) is 11.4 Å². The van der Waals surface area contributed by atoms with Crippen LogP contribution in [0.3, 0.4) is 0 Å². The van der Waals surface area contributed by atoms with Crippen LogP contribution in [0.25, 0.3) is 0 Å². The maximum absolute atomic E-state index is 12.7. The second-order valence-electron chi connectivity index (χ2n) is 7.93. The highest BCUT2D eigenvalue weighted by Crippen LogP contribution is 2.33. The number of Topliss-reactive ketones (excluding diaryl/α,β-unsaturated/α-hetero) is 1. The molecule has 1 heterocycles. The number of nitrogens with one attached hydrogen (secondary N) is 1. The van der Waals surface area contributed by atoms with Gasteiger partial charge in [-0.15, -0.1) is 0 Å². The third-order valence-electron chi connectivity index (χ3n) is 5.51. The minimum Gasteiger partial charge on any atom is -0.454 e. The minimum absolute atomic E-state index is 0.0362. The van der Waals surface area contributed by atoms with Gasteiger partial charge >= 0.3 is 5.97 Å². The molecule has 1 fully saturated rings. The van der Waals surface area contributed by atoms with E-state index in [0.29, 0.717) is 27.0 Å². The first-order valence-corrected chi connectivity index (χ1v) is 11.5. The Morgan fingerprint density at radius 1 is 0.943 bits per heavy atom. The molecule has 0 bridgehead atoms. The van der Waals surface area contributed by atoms with E-state index in [9.17, 15) is 19.2 Å². The van der Waals surface area contributed by atoms with Gasteiger partial charge in [-0.2, -0.15) is 0 Å². The summed E-state index contributed by atoms with van der Waals surface area (Å²) in [5.41, 5.74) is 1.62. The number of halogens is 2. The average Bonchev–Trinajstić information content (AvgIpc) is 3.26. The standard InChI is InChI=1S/C26H20Cl2N2O5/c27-19-8-11-21(28)22(13-19)30-14-18(12-24(30)32)25(33)29-20-9-6-17(7-10-20)26(34)35-15-23(31)16-4-2-1-3-5-16/h1-11,13,18H,12,14-15H2,(H,29,33)/t18-/m1/s1. The van der Waals surface area contributed by atoms with Gasteiger partial charge in [-0.1, -0.05) is 53.5 Å². The van der Waals surface area contributed by atoms with Crippen molar-refractivity contribution in [3.8, 4) is 0 Å². The van der Waals surface area contributed by atoms with Crippen molar-refractivity contribution in [2.75, 3.05) is 23.4 Å². The molecule has 0 spiro atoms. The summed E-state index contributed by atoms with van der Waals surface area (Å²) in [4.78, 5) is 51.0. The summed E-state index contributed by atoms with van der Waals surface area (Å²) >= 11 is 12.2. The highest BCUT2D eigenvalue weighted by molar-refractivity contribution is 6.36. The van der Waals surface area contributed by atoms with Gasteiger partial charge in [-0.3, -0.25) is 14.4 Å². The molecule has 4 rings (SSSR count). The van der Waals surface area contributed by atoms with E-state index < -0.39 is 11.9 Å². The zero-order chi connectivity index (χ0) is 24.9. The number of amides is 2. The van der Waals surface area contributed by atoms with Gasteiger partial charge in [-0.05, 0) is 42.5 Å². The molecule has 0 aliphatic carbocycles. The van der Waals surface area contributed by atoms with Crippen molar-refractivity contribution < 1.29 is 23.9 Å². The van der Waals surface area contributed by atoms with Gasteiger partial charge in [0.25, 0.3) is 0 Å². The summed E-state index contributed by atoms with van der Waals surface area (Å²) in [5, 5.41) is 3.57. The maximum atomic E-state index is 12.7. The lowest BCUT2D eigenvalue weighted by molar-refractivity contribution is -0.122. The van der Waals surface area contributed by atoms with Gasteiger partial charge < -0.3 is 15.0 Å². The Balaban J connectivity index is 1.32. The summed E-state index contributed by atoms with van der Waals surface area (Å²) in [7, 11) is 0. The fourth-order valence-electron chi connectivity index (χ4n) is 3.66. The number of benzene rings is 3. The van der Waals surface area contributed by atoms with Gasteiger partial charge in [-0.25, -0.2) is 4.79 Å². The van der Waals surface area contributed by atoms with Crippen LogP contribution in [0.2, 0.25) is 10.0 Å². The molecule has 9 heteroatoms. The summed E-state index contributed by atoms with van der Waals surface area (Å²) in [5.74, 6) is -2.09.